The molecule has 10 nitrogen and oxygen atoms in total. The summed E-state index contributed by atoms with van der Waals surface area (Å²) >= 11 is 0. The number of hydrogen-bond donors (Lipinski definition) is 3. The van der Waals surface area contributed by atoms with Gasteiger partial charge in [-0.25, -0.2) is 18.4 Å². The first-order chi connectivity index (χ1) is 15.5. The van der Waals surface area contributed by atoms with E-state index in [1.54, 1.807) is 6.07 Å². The lowest BCUT2D eigenvalue weighted by Gasteiger charge is -2.16. The highest BCUT2D eigenvalue weighted by Crippen LogP contribution is 2.30. The van der Waals surface area contributed by atoms with Crippen LogP contribution < -0.4 is 14.2 Å². The molecule has 0 fully saturated rings. The Morgan fingerprint density at radius 1 is 1.12 bits per heavy atom. The Labute approximate surface area is 185 Å². The number of oxime groups is 1. The van der Waals surface area contributed by atoms with Gasteiger partial charge in [0.15, 0.2) is 5.82 Å². The predicted octanol–water partition coefficient (Wildman–Crippen LogP) is 2.06. The molecule has 1 aromatic heterocycles. The number of nitrogens with zero attached hydrogens (tertiary/aromatic N) is 3. The number of aromatic nitrogens is 2. The minimum absolute atomic E-state index is 0.00716. The highest BCUT2D eigenvalue weighted by molar-refractivity contribution is 7.92. The monoisotopic (exact) mass is 458 g/mol. The van der Waals surface area contributed by atoms with Gasteiger partial charge in [0.25, 0.3) is 10.0 Å². The summed E-state index contributed by atoms with van der Waals surface area (Å²) in [5.41, 5.74) is 1.69. The van der Waals surface area contributed by atoms with Gasteiger partial charge in [-0.15, -0.1) is 0 Å². The maximum atomic E-state index is 13.0. The number of aliphatic hydroxyl groups excluding tert-OH is 1. The highest BCUT2D eigenvalue weighted by atomic mass is 32.2. The molecular formula is C21H22N4O6S. The van der Waals surface area contributed by atoms with Crippen LogP contribution in [0.4, 0.5) is 5.82 Å². The van der Waals surface area contributed by atoms with Crippen LogP contribution in [0.2, 0.25) is 0 Å². The Bertz CT molecular complexity index is 1180. The van der Waals surface area contributed by atoms with Crippen molar-refractivity contribution in [1.82, 2.24) is 9.97 Å². The smallest absolute Gasteiger partial charge is 0.263 e. The third-order valence-electron chi connectivity index (χ3n) is 4.42. The van der Waals surface area contributed by atoms with Crippen LogP contribution in [-0.4, -0.2) is 55.2 Å². The Morgan fingerprint density at radius 2 is 1.88 bits per heavy atom. The van der Waals surface area contributed by atoms with Crippen molar-refractivity contribution < 1.29 is 28.2 Å². The zero-order chi connectivity index (χ0) is 23.0. The fourth-order valence-electron chi connectivity index (χ4n) is 2.94. The maximum absolute atomic E-state index is 13.0. The number of para-hydroxylation sites is 1. The van der Waals surface area contributed by atoms with Crippen LogP contribution >= 0.6 is 0 Å². The summed E-state index contributed by atoms with van der Waals surface area (Å²) in [7, 11) is -2.46. The summed E-state index contributed by atoms with van der Waals surface area (Å²) in [4.78, 5) is 8.22. The van der Waals surface area contributed by atoms with Gasteiger partial charge in [-0.2, -0.15) is 0 Å². The number of sulfonamides is 1. The fraction of sp³-hybridized carbons (Fsp3) is 0.190. The molecule has 3 aromatic rings. The first-order valence-electron chi connectivity index (χ1n) is 9.48. The van der Waals surface area contributed by atoms with Crippen LogP contribution in [-0.2, 0) is 16.4 Å². The van der Waals surface area contributed by atoms with Crippen LogP contribution in [0.1, 0.15) is 16.7 Å². The Morgan fingerprint density at radius 3 is 2.56 bits per heavy atom. The second-order valence-corrected chi connectivity index (χ2v) is 8.17. The van der Waals surface area contributed by atoms with Gasteiger partial charge in [-0.05, 0) is 29.3 Å². The molecule has 0 aliphatic heterocycles. The third kappa shape index (κ3) is 5.50. The molecule has 11 heteroatoms. The number of benzene rings is 2. The Balaban J connectivity index is 1.99. The summed E-state index contributed by atoms with van der Waals surface area (Å²) < 4.78 is 39.3. The van der Waals surface area contributed by atoms with Crippen LogP contribution in [0.15, 0.2) is 64.9 Å². The topological polar surface area (TPSA) is 143 Å². The lowest BCUT2D eigenvalue weighted by atomic mass is 10.1. The molecule has 0 unspecified atom stereocenters. The summed E-state index contributed by atoms with van der Waals surface area (Å²) in [6.45, 7) is -0.251. The summed E-state index contributed by atoms with van der Waals surface area (Å²) in [6.07, 6.45) is 2.58. The van der Waals surface area contributed by atoms with E-state index in [1.165, 1.54) is 43.9 Å². The van der Waals surface area contributed by atoms with Gasteiger partial charge in [0, 0.05) is 6.42 Å². The van der Waals surface area contributed by atoms with E-state index in [2.05, 4.69) is 19.8 Å². The van der Waals surface area contributed by atoms with Crippen molar-refractivity contribution in [2.75, 3.05) is 25.0 Å². The van der Waals surface area contributed by atoms with E-state index in [4.69, 9.17) is 19.8 Å². The molecule has 32 heavy (non-hydrogen) atoms. The van der Waals surface area contributed by atoms with Crippen molar-refractivity contribution >= 4 is 22.1 Å². The van der Waals surface area contributed by atoms with Crippen LogP contribution in [0.3, 0.4) is 0 Å². The van der Waals surface area contributed by atoms with E-state index >= 15 is 0 Å². The number of nitrogens with one attached hydrogen (secondary N) is 1. The number of aliphatic hydroxyl groups is 1. The molecular weight excluding hydrogens is 436 g/mol. The van der Waals surface area contributed by atoms with Crippen molar-refractivity contribution in [3.05, 3.63) is 71.5 Å². The quantitative estimate of drug-likeness (QED) is 0.238. The molecule has 168 valence electrons. The van der Waals surface area contributed by atoms with E-state index in [1.807, 2.05) is 18.2 Å². The lowest BCUT2D eigenvalue weighted by molar-refractivity contribution is 0.195. The molecule has 0 spiro atoms. The van der Waals surface area contributed by atoms with Crippen molar-refractivity contribution in [1.29, 1.82) is 0 Å². The standard InChI is InChI=1S/C21H22N4O6S/c1-30-19-5-3-2-4-16(19)12-18-20(22-14-23-21(18)31-11-10-26)25-32(28,29)17-8-6-15(7-9-17)13-24-27/h2-9,13-14,26-27H,10-12H2,1H3,(H,22,23,25). The minimum Gasteiger partial charge on any atom is -0.496 e. The van der Waals surface area contributed by atoms with Crippen molar-refractivity contribution in [2.45, 2.75) is 11.3 Å². The van der Waals surface area contributed by atoms with Gasteiger partial charge in [0.2, 0.25) is 5.88 Å². The van der Waals surface area contributed by atoms with Crippen molar-refractivity contribution in [3.8, 4) is 11.6 Å². The second kappa shape index (κ2) is 10.6. The molecule has 0 radical (unpaired) electrons. The average molecular weight is 458 g/mol. The van der Waals surface area contributed by atoms with Gasteiger partial charge in [-0.3, -0.25) is 4.72 Å². The number of methoxy groups -OCH3 is 1. The summed E-state index contributed by atoms with van der Waals surface area (Å²) in [5.74, 6) is 0.798. The lowest BCUT2D eigenvalue weighted by Crippen LogP contribution is -2.17. The van der Waals surface area contributed by atoms with Crippen molar-refractivity contribution in [3.63, 3.8) is 0 Å². The molecule has 3 rings (SSSR count). The first-order valence-corrected chi connectivity index (χ1v) is 11.0. The molecule has 2 aromatic carbocycles. The molecule has 0 aliphatic rings. The number of anilines is 1. The van der Waals surface area contributed by atoms with E-state index in [0.717, 1.165) is 5.56 Å². The Hall–Kier alpha value is -3.70. The van der Waals surface area contributed by atoms with E-state index < -0.39 is 10.0 Å². The molecule has 0 saturated carbocycles. The minimum atomic E-state index is -4.00. The average Bonchev–Trinajstić information content (AvgIpc) is 2.80. The molecule has 1 heterocycles. The van der Waals surface area contributed by atoms with E-state index in [-0.39, 0.29) is 36.2 Å². The molecule has 3 N–H and O–H groups in total. The van der Waals surface area contributed by atoms with Crippen molar-refractivity contribution in [2.24, 2.45) is 5.16 Å². The van der Waals surface area contributed by atoms with Crippen LogP contribution in [0.25, 0.3) is 0 Å². The second-order valence-electron chi connectivity index (χ2n) is 6.49. The van der Waals surface area contributed by atoms with Gasteiger partial charge >= 0.3 is 0 Å². The molecule has 0 bridgehead atoms. The van der Waals surface area contributed by atoms with Gasteiger partial charge in [-0.1, -0.05) is 35.5 Å². The van der Waals surface area contributed by atoms with Gasteiger partial charge in [0.05, 0.1) is 30.4 Å². The summed E-state index contributed by atoms with van der Waals surface area (Å²) in [6, 6.07) is 13.0. The predicted molar refractivity (Wildman–Crippen MR) is 117 cm³/mol. The normalized spacial score (nSPS) is 11.4. The van der Waals surface area contributed by atoms with E-state index in [9.17, 15) is 8.42 Å². The van der Waals surface area contributed by atoms with Crippen LogP contribution in [0.5, 0.6) is 11.6 Å². The third-order valence-corrected chi connectivity index (χ3v) is 5.78. The van der Waals surface area contributed by atoms with Gasteiger partial charge in [0.1, 0.15) is 18.7 Å². The zero-order valence-corrected chi connectivity index (χ0v) is 18.0. The largest absolute Gasteiger partial charge is 0.496 e. The number of rotatable bonds is 10. The molecule has 0 aliphatic carbocycles. The maximum Gasteiger partial charge on any atom is 0.263 e. The van der Waals surface area contributed by atoms with Crippen LogP contribution in [0, 0.1) is 0 Å². The molecule has 0 amide bonds. The Kier molecular flexibility index (Phi) is 7.58. The highest BCUT2D eigenvalue weighted by Gasteiger charge is 2.21. The first kappa shape index (κ1) is 23.0. The fourth-order valence-corrected chi connectivity index (χ4v) is 3.98. The number of hydrogen-bond acceptors (Lipinski definition) is 9. The van der Waals surface area contributed by atoms with E-state index in [0.29, 0.717) is 16.9 Å². The molecule has 0 saturated heterocycles. The number of ether oxygens (including phenoxy) is 2. The van der Waals surface area contributed by atoms with Gasteiger partial charge < -0.3 is 19.8 Å². The SMILES string of the molecule is COc1ccccc1Cc1c(NS(=O)(=O)c2ccc(C=NO)cc2)ncnc1OCCO. The molecule has 0 atom stereocenters. The zero-order valence-electron chi connectivity index (χ0n) is 17.2. The summed E-state index contributed by atoms with van der Waals surface area (Å²) in [5, 5.41) is 20.7.